The molecule has 2 heteroatoms. The van der Waals surface area contributed by atoms with Crippen molar-refractivity contribution < 1.29 is 0 Å². The van der Waals surface area contributed by atoms with Gasteiger partial charge in [-0.1, -0.05) is 32.4 Å². The molecule has 0 aromatic heterocycles. The van der Waals surface area contributed by atoms with Crippen LogP contribution < -0.4 is 0 Å². The molecular weight excluding hydrogens is 166 g/mol. The zero-order chi connectivity index (χ0) is 8.98. The molecule has 0 aliphatic heterocycles. The fraction of sp³-hybridized carbons (Fsp3) is 0.800. The Morgan fingerprint density at radius 1 is 1.58 bits per heavy atom. The highest BCUT2D eigenvalue weighted by Crippen LogP contribution is 2.70. The van der Waals surface area contributed by atoms with E-state index in [1.807, 2.05) is 6.69 Å². The first kappa shape index (κ1) is 8.68. The lowest BCUT2D eigenvalue weighted by molar-refractivity contribution is 0.306. The largest absolute Gasteiger partial charge is 0.246 e. The number of rotatable bonds is 1. The summed E-state index contributed by atoms with van der Waals surface area (Å²) in [7, 11) is 0. The first-order valence-electron chi connectivity index (χ1n) is 4.67. The van der Waals surface area contributed by atoms with Gasteiger partial charge >= 0.3 is 0 Å². The molecule has 65 valence electrons. The van der Waals surface area contributed by atoms with E-state index >= 15 is 0 Å². The average molecular weight is 181 g/mol. The van der Waals surface area contributed by atoms with Crippen LogP contribution in [0.2, 0.25) is 5.31 Å². The molecule has 2 bridgehead atoms. The van der Waals surface area contributed by atoms with Crippen LogP contribution in [0.25, 0.3) is 0 Å². The fourth-order valence-electron chi connectivity index (χ4n) is 3.01. The molecule has 1 radical (unpaired) electrons. The van der Waals surface area contributed by atoms with Gasteiger partial charge in [-0.25, -0.2) is 11.5 Å². The quantitative estimate of drug-likeness (QED) is 0.430. The molecule has 0 aromatic carbocycles. The summed E-state index contributed by atoms with van der Waals surface area (Å²) in [5, 5.41) is 0.260. The molecular formula is C10H15BCl. The minimum absolute atomic E-state index is 0.234. The van der Waals surface area contributed by atoms with E-state index in [9.17, 15) is 0 Å². The van der Waals surface area contributed by atoms with Crippen molar-refractivity contribution in [2.24, 2.45) is 11.3 Å². The SMILES string of the molecule is C=C1C2CCC([B]Cl)(C2)C1(C)C. The van der Waals surface area contributed by atoms with Gasteiger partial charge in [-0.15, -0.1) is 0 Å². The predicted molar refractivity (Wildman–Crippen MR) is 54.6 cm³/mol. The first-order valence-corrected chi connectivity index (χ1v) is 5.11. The number of halogens is 1. The summed E-state index contributed by atoms with van der Waals surface area (Å²) in [6.07, 6.45) is 3.79. The van der Waals surface area contributed by atoms with Crippen molar-refractivity contribution in [1.82, 2.24) is 0 Å². The monoisotopic (exact) mass is 181 g/mol. The Kier molecular flexibility index (Phi) is 1.68. The van der Waals surface area contributed by atoms with Crippen molar-refractivity contribution in [3.63, 3.8) is 0 Å². The maximum absolute atomic E-state index is 5.98. The van der Waals surface area contributed by atoms with Crippen LogP contribution in [0, 0.1) is 11.3 Å². The van der Waals surface area contributed by atoms with Crippen LogP contribution in [0.1, 0.15) is 33.1 Å². The van der Waals surface area contributed by atoms with Crippen LogP contribution in [0.5, 0.6) is 0 Å². The fourth-order valence-corrected chi connectivity index (χ4v) is 3.48. The summed E-state index contributed by atoms with van der Waals surface area (Å²) in [4.78, 5) is 0. The summed E-state index contributed by atoms with van der Waals surface area (Å²) in [6.45, 7) is 10.7. The van der Waals surface area contributed by atoms with Gasteiger partial charge in [-0.3, -0.25) is 0 Å². The van der Waals surface area contributed by atoms with Gasteiger partial charge in [0.05, 0.1) is 0 Å². The molecule has 2 unspecified atom stereocenters. The van der Waals surface area contributed by atoms with Crippen LogP contribution in [0.4, 0.5) is 0 Å². The Balaban J connectivity index is 2.41. The molecule has 0 saturated heterocycles. The molecule has 0 amide bonds. The molecule has 2 saturated carbocycles. The molecule has 0 aromatic rings. The van der Waals surface area contributed by atoms with Crippen LogP contribution in [0.15, 0.2) is 12.2 Å². The molecule has 0 nitrogen and oxygen atoms in total. The third-order valence-electron chi connectivity index (χ3n) is 4.30. The maximum Gasteiger partial charge on any atom is 0.246 e. The topological polar surface area (TPSA) is 0 Å². The van der Waals surface area contributed by atoms with Gasteiger partial charge in [0.1, 0.15) is 0 Å². The van der Waals surface area contributed by atoms with Crippen molar-refractivity contribution in [2.75, 3.05) is 0 Å². The number of fused-ring (bicyclic) bond motifs is 2. The highest BCUT2D eigenvalue weighted by atomic mass is 35.5. The number of hydrogen-bond donors (Lipinski definition) is 0. The molecule has 2 aliphatic carbocycles. The predicted octanol–water partition coefficient (Wildman–Crippen LogP) is 3.40. The summed E-state index contributed by atoms with van der Waals surface area (Å²) >= 11 is 5.98. The molecule has 2 atom stereocenters. The first-order chi connectivity index (χ1) is 5.53. The van der Waals surface area contributed by atoms with E-state index < -0.39 is 0 Å². The third-order valence-corrected chi connectivity index (χ3v) is 4.72. The van der Waals surface area contributed by atoms with Gasteiger partial charge in [0.25, 0.3) is 0 Å². The Labute approximate surface area is 80.5 Å². The van der Waals surface area contributed by atoms with Crippen LogP contribution >= 0.6 is 11.5 Å². The van der Waals surface area contributed by atoms with Gasteiger partial charge in [-0.2, -0.15) is 0 Å². The standard InChI is InChI=1S/C10H15BCl/c1-7-8-4-5-10(6-8,11-12)9(7,2)3/h8H,1,4-6H2,2-3H3. The summed E-state index contributed by atoms with van der Waals surface area (Å²) < 4.78 is 0. The zero-order valence-electron chi connectivity index (χ0n) is 7.86. The van der Waals surface area contributed by atoms with E-state index in [2.05, 4.69) is 20.4 Å². The van der Waals surface area contributed by atoms with Gasteiger partial charge in [0.2, 0.25) is 6.69 Å². The van der Waals surface area contributed by atoms with Gasteiger partial charge < -0.3 is 0 Å². The molecule has 0 N–H and O–H groups in total. The van der Waals surface area contributed by atoms with Crippen molar-refractivity contribution in [3.05, 3.63) is 12.2 Å². The second-order valence-electron chi connectivity index (χ2n) is 4.86. The van der Waals surface area contributed by atoms with E-state index in [4.69, 9.17) is 11.5 Å². The molecule has 2 fully saturated rings. The van der Waals surface area contributed by atoms with Crippen molar-refractivity contribution in [1.29, 1.82) is 0 Å². The minimum atomic E-state index is 0.234. The van der Waals surface area contributed by atoms with Gasteiger partial charge in [0.15, 0.2) is 0 Å². The molecule has 2 aliphatic rings. The normalized spacial score (nSPS) is 43.6. The van der Waals surface area contributed by atoms with Crippen LogP contribution in [-0.4, -0.2) is 6.69 Å². The summed E-state index contributed by atoms with van der Waals surface area (Å²) in [5.74, 6) is 0.745. The highest BCUT2D eigenvalue weighted by molar-refractivity contribution is 6.95. The van der Waals surface area contributed by atoms with E-state index in [0.717, 1.165) is 5.92 Å². The van der Waals surface area contributed by atoms with Gasteiger partial charge in [0, 0.05) is 0 Å². The third kappa shape index (κ3) is 0.762. The Hall–Kier alpha value is 0.0949. The highest BCUT2D eigenvalue weighted by Gasteiger charge is 2.58. The summed E-state index contributed by atoms with van der Waals surface area (Å²) in [6, 6.07) is 0. The second-order valence-corrected chi connectivity index (χ2v) is 5.07. The van der Waals surface area contributed by atoms with E-state index in [1.165, 1.54) is 24.8 Å². The van der Waals surface area contributed by atoms with Crippen molar-refractivity contribution >= 4 is 18.2 Å². The average Bonchev–Trinajstić information content (AvgIpc) is 2.53. The molecule has 12 heavy (non-hydrogen) atoms. The van der Waals surface area contributed by atoms with Crippen molar-refractivity contribution in [3.8, 4) is 0 Å². The molecule has 0 spiro atoms. The lowest BCUT2D eigenvalue weighted by Crippen LogP contribution is -2.31. The number of allylic oxidation sites excluding steroid dienone is 1. The lowest BCUT2D eigenvalue weighted by Gasteiger charge is -2.41. The van der Waals surface area contributed by atoms with Crippen molar-refractivity contribution in [2.45, 2.75) is 38.4 Å². The maximum atomic E-state index is 5.98. The lowest BCUT2D eigenvalue weighted by atomic mass is 9.52. The van der Waals surface area contributed by atoms with E-state index in [0.29, 0.717) is 0 Å². The number of hydrogen-bond acceptors (Lipinski definition) is 0. The molecule has 2 rings (SSSR count). The smallest absolute Gasteiger partial charge is 0.203 e. The van der Waals surface area contributed by atoms with E-state index in [1.54, 1.807) is 0 Å². The van der Waals surface area contributed by atoms with E-state index in [-0.39, 0.29) is 10.7 Å². The second kappa shape index (κ2) is 2.32. The Bertz CT molecular complexity index is 234. The summed E-state index contributed by atoms with van der Waals surface area (Å²) in [5.41, 5.74) is 1.66. The van der Waals surface area contributed by atoms with Crippen LogP contribution in [-0.2, 0) is 0 Å². The Morgan fingerprint density at radius 2 is 2.25 bits per heavy atom. The van der Waals surface area contributed by atoms with Crippen LogP contribution in [0.3, 0.4) is 0 Å². The Morgan fingerprint density at radius 3 is 2.58 bits per heavy atom. The minimum Gasteiger partial charge on any atom is -0.203 e. The van der Waals surface area contributed by atoms with Gasteiger partial charge in [-0.05, 0) is 29.5 Å². The zero-order valence-corrected chi connectivity index (χ0v) is 8.62. The molecule has 0 heterocycles.